The summed E-state index contributed by atoms with van der Waals surface area (Å²) in [5.74, 6) is -0.341. The molecule has 0 radical (unpaired) electrons. The van der Waals surface area contributed by atoms with Gasteiger partial charge < -0.3 is 10.1 Å². The van der Waals surface area contributed by atoms with Crippen LogP contribution in [0.25, 0.3) is 0 Å². The van der Waals surface area contributed by atoms with Crippen molar-refractivity contribution in [1.82, 2.24) is 5.32 Å². The number of carbonyl (C=O) groups is 1. The highest BCUT2D eigenvalue weighted by molar-refractivity contribution is 5.88. The monoisotopic (exact) mass is 403 g/mol. The molecule has 3 aromatic rings. The molecule has 0 saturated carbocycles. The van der Waals surface area contributed by atoms with Crippen LogP contribution in [0.4, 0.5) is 4.39 Å². The summed E-state index contributed by atoms with van der Waals surface area (Å²) >= 11 is 0. The van der Waals surface area contributed by atoms with Crippen molar-refractivity contribution >= 4 is 5.91 Å². The summed E-state index contributed by atoms with van der Waals surface area (Å²) in [5.41, 5.74) is 2.25. The first-order chi connectivity index (χ1) is 14.7. The molecule has 0 aromatic heterocycles. The fraction of sp³-hybridized carbons (Fsp3) is 0.269. The van der Waals surface area contributed by atoms with Gasteiger partial charge in [0.25, 0.3) is 0 Å². The number of rotatable bonds is 6. The predicted molar refractivity (Wildman–Crippen MR) is 116 cm³/mol. The average molecular weight is 403 g/mol. The lowest BCUT2D eigenvalue weighted by Crippen LogP contribution is -2.49. The normalized spacial score (nSPS) is 15.7. The molecule has 3 aromatic carbocycles. The molecule has 4 heteroatoms. The molecule has 4 rings (SSSR count). The number of ether oxygens (including phenoxy) is 1. The zero-order valence-electron chi connectivity index (χ0n) is 16.9. The van der Waals surface area contributed by atoms with Crippen molar-refractivity contribution in [3.63, 3.8) is 0 Å². The minimum Gasteiger partial charge on any atom is -0.381 e. The number of amides is 1. The topological polar surface area (TPSA) is 38.3 Å². The standard InChI is InChI=1S/C26H26FNO2/c27-23-13-7-12-22(18-23)26(14-16-30-17-15-26)25(29)28-19-24(20-8-3-1-4-9-20)21-10-5-2-6-11-21/h1-13,18,24H,14-17,19H2,(H,28,29). The zero-order chi connectivity index (χ0) is 20.8. The Morgan fingerprint density at radius 1 is 0.900 bits per heavy atom. The molecular weight excluding hydrogens is 377 g/mol. The lowest BCUT2D eigenvalue weighted by atomic mass is 9.73. The van der Waals surface area contributed by atoms with E-state index in [1.807, 2.05) is 42.5 Å². The molecule has 1 heterocycles. The minimum absolute atomic E-state index is 0.0424. The molecule has 1 N–H and O–H groups in total. The second-order valence-corrected chi connectivity index (χ2v) is 7.79. The number of carbonyl (C=O) groups excluding carboxylic acids is 1. The number of hydrogen-bond acceptors (Lipinski definition) is 2. The average Bonchev–Trinajstić information content (AvgIpc) is 2.81. The van der Waals surface area contributed by atoms with E-state index >= 15 is 0 Å². The van der Waals surface area contributed by atoms with Crippen molar-refractivity contribution in [2.75, 3.05) is 19.8 Å². The molecule has 0 unspecified atom stereocenters. The van der Waals surface area contributed by atoms with Gasteiger partial charge in [-0.3, -0.25) is 4.79 Å². The van der Waals surface area contributed by atoms with Gasteiger partial charge in [0.05, 0.1) is 5.41 Å². The molecule has 30 heavy (non-hydrogen) atoms. The highest BCUT2D eigenvalue weighted by Gasteiger charge is 2.42. The first kappa shape index (κ1) is 20.3. The molecule has 0 bridgehead atoms. The second kappa shape index (κ2) is 9.23. The maximum Gasteiger partial charge on any atom is 0.230 e. The van der Waals surface area contributed by atoms with Crippen LogP contribution < -0.4 is 5.32 Å². The first-order valence-corrected chi connectivity index (χ1v) is 10.4. The van der Waals surface area contributed by atoms with Crippen LogP contribution in [0, 0.1) is 5.82 Å². The highest BCUT2D eigenvalue weighted by atomic mass is 19.1. The number of nitrogens with one attached hydrogen (secondary N) is 1. The lowest BCUT2D eigenvalue weighted by molar-refractivity contribution is -0.130. The number of halogens is 1. The van der Waals surface area contributed by atoms with E-state index in [4.69, 9.17) is 4.74 Å². The SMILES string of the molecule is O=C(NCC(c1ccccc1)c1ccccc1)C1(c2cccc(F)c2)CCOCC1. The molecular formula is C26H26FNO2. The van der Waals surface area contributed by atoms with E-state index in [0.29, 0.717) is 32.6 Å². The van der Waals surface area contributed by atoms with E-state index in [-0.39, 0.29) is 17.6 Å². The van der Waals surface area contributed by atoms with Crippen LogP contribution in [0.5, 0.6) is 0 Å². The Kier molecular flexibility index (Phi) is 6.24. The van der Waals surface area contributed by atoms with Gasteiger partial charge in [0.15, 0.2) is 0 Å². The Hall–Kier alpha value is -2.98. The van der Waals surface area contributed by atoms with Crippen molar-refractivity contribution < 1.29 is 13.9 Å². The Bertz CT molecular complexity index is 929. The van der Waals surface area contributed by atoms with Gasteiger partial charge in [-0.05, 0) is 41.7 Å². The maximum atomic E-state index is 13.9. The van der Waals surface area contributed by atoms with Crippen LogP contribution in [0.3, 0.4) is 0 Å². The van der Waals surface area contributed by atoms with Gasteiger partial charge in [-0.15, -0.1) is 0 Å². The summed E-state index contributed by atoms with van der Waals surface area (Å²) < 4.78 is 19.5. The predicted octanol–water partition coefficient (Wildman–Crippen LogP) is 4.82. The summed E-state index contributed by atoms with van der Waals surface area (Å²) in [4.78, 5) is 13.5. The van der Waals surface area contributed by atoms with E-state index in [9.17, 15) is 9.18 Å². The van der Waals surface area contributed by atoms with Crippen molar-refractivity contribution in [3.8, 4) is 0 Å². The summed E-state index contributed by atoms with van der Waals surface area (Å²) in [5, 5.41) is 3.19. The Morgan fingerprint density at radius 3 is 2.07 bits per heavy atom. The van der Waals surface area contributed by atoms with Gasteiger partial charge in [0, 0.05) is 25.7 Å². The lowest BCUT2D eigenvalue weighted by Gasteiger charge is -2.36. The minimum atomic E-state index is -0.766. The Labute approximate surface area is 176 Å². The molecule has 1 saturated heterocycles. The molecule has 1 fully saturated rings. The van der Waals surface area contributed by atoms with Gasteiger partial charge in [-0.25, -0.2) is 4.39 Å². The zero-order valence-corrected chi connectivity index (χ0v) is 16.9. The van der Waals surface area contributed by atoms with Crippen LogP contribution in [0.1, 0.15) is 35.4 Å². The van der Waals surface area contributed by atoms with E-state index in [1.165, 1.54) is 12.1 Å². The largest absolute Gasteiger partial charge is 0.381 e. The Balaban J connectivity index is 1.60. The number of benzene rings is 3. The fourth-order valence-electron chi connectivity index (χ4n) is 4.32. The van der Waals surface area contributed by atoms with E-state index in [0.717, 1.165) is 16.7 Å². The molecule has 154 valence electrons. The second-order valence-electron chi connectivity index (χ2n) is 7.79. The first-order valence-electron chi connectivity index (χ1n) is 10.4. The molecule has 1 aliphatic heterocycles. The van der Waals surface area contributed by atoms with Gasteiger partial charge >= 0.3 is 0 Å². The molecule has 1 aliphatic rings. The third-order valence-electron chi connectivity index (χ3n) is 6.03. The van der Waals surface area contributed by atoms with Crippen molar-refractivity contribution in [3.05, 3.63) is 107 Å². The summed E-state index contributed by atoms with van der Waals surface area (Å²) in [6.07, 6.45) is 1.09. The quantitative estimate of drug-likeness (QED) is 0.641. The highest BCUT2D eigenvalue weighted by Crippen LogP contribution is 2.36. The fourth-order valence-corrected chi connectivity index (χ4v) is 4.32. The molecule has 0 aliphatic carbocycles. The van der Waals surface area contributed by atoms with Crippen LogP contribution >= 0.6 is 0 Å². The van der Waals surface area contributed by atoms with Crippen LogP contribution in [-0.2, 0) is 14.9 Å². The van der Waals surface area contributed by atoms with Crippen molar-refractivity contribution in [2.45, 2.75) is 24.2 Å². The van der Waals surface area contributed by atoms with E-state index in [1.54, 1.807) is 6.07 Å². The van der Waals surface area contributed by atoms with Crippen LogP contribution in [-0.4, -0.2) is 25.7 Å². The molecule has 3 nitrogen and oxygen atoms in total. The summed E-state index contributed by atoms with van der Waals surface area (Å²) in [7, 11) is 0. The smallest absolute Gasteiger partial charge is 0.230 e. The Morgan fingerprint density at radius 2 is 1.50 bits per heavy atom. The number of hydrogen-bond donors (Lipinski definition) is 1. The molecule has 0 spiro atoms. The van der Waals surface area contributed by atoms with Gasteiger partial charge in [0.2, 0.25) is 5.91 Å². The van der Waals surface area contributed by atoms with E-state index in [2.05, 4.69) is 29.6 Å². The van der Waals surface area contributed by atoms with Crippen molar-refractivity contribution in [1.29, 1.82) is 0 Å². The van der Waals surface area contributed by atoms with E-state index < -0.39 is 5.41 Å². The summed E-state index contributed by atoms with van der Waals surface area (Å²) in [6.45, 7) is 1.46. The maximum absolute atomic E-state index is 13.9. The summed E-state index contributed by atoms with van der Waals surface area (Å²) in [6, 6.07) is 26.8. The van der Waals surface area contributed by atoms with Gasteiger partial charge in [-0.1, -0.05) is 72.8 Å². The van der Waals surface area contributed by atoms with Crippen LogP contribution in [0.15, 0.2) is 84.9 Å². The van der Waals surface area contributed by atoms with Crippen LogP contribution in [0.2, 0.25) is 0 Å². The molecule has 1 amide bonds. The molecule has 0 atom stereocenters. The van der Waals surface area contributed by atoms with Gasteiger partial charge in [0.1, 0.15) is 5.82 Å². The third kappa shape index (κ3) is 4.29. The van der Waals surface area contributed by atoms with Gasteiger partial charge in [-0.2, -0.15) is 0 Å². The van der Waals surface area contributed by atoms with Crippen molar-refractivity contribution in [2.24, 2.45) is 0 Å². The third-order valence-corrected chi connectivity index (χ3v) is 6.03.